The highest BCUT2D eigenvalue weighted by atomic mass is 32.2. The highest BCUT2D eigenvalue weighted by Gasteiger charge is 2.22. The molecule has 1 aromatic rings. The molecule has 0 radical (unpaired) electrons. The van der Waals surface area contributed by atoms with Crippen molar-refractivity contribution in [2.24, 2.45) is 0 Å². The van der Waals surface area contributed by atoms with Gasteiger partial charge in [0.2, 0.25) is 10.0 Å². The first-order valence-corrected chi connectivity index (χ1v) is 9.03. The number of hydrogen-bond donors (Lipinski definition) is 2. The van der Waals surface area contributed by atoms with Crippen LogP contribution in [-0.2, 0) is 16.4 Å². The molecule has 1 saturated carbocycles. The predicted molar refractivity (Wildman–Crippen MR) is 80.4 cm³/mol. The van der Waals surface area contributed by atoms with E-state index in [1.165, 1.54) is 12.8 Å². The van der Waals surface area contributed by atoms with Gasteiger partial charge >= 0.3 is 0 Å². The molecule has 0 aromatic heterocycles. The standard InChI is InChI=1S/C15H22N2O2S/c18-20(19,17-13-5-3-1-2-4-6-13)14-7-8-15-12(11-14)9-10-16-15/h7-8,11,13,16-17H,1-6,9-10H2. The number of hydrogen-bond acceptors (Lipinski definition) is 3. The smallest absolute Gasteiger partial charge is 0.240 e. The zero-order valence-corrected chi connectivity index (χ0v) is 12.5. The maximum atomic E-state index is 12.5. The Labute approximate surface area is 121 Å². The molecular formula is C15H22N2O2S. The third kappa shape index (κ3) is 2.99. The second-order valence-corrected chi connectivity index (χ2v) is 7.52. The minimum Gasteiger partial charge on any atom is -0.384 e. The van der Waals surface area contributed by atoms with Gasteiger partial charge in [-0.25, -0.2) is 13.1 Å². The second kappa shape index (κ2) is 5.74. The maximum absolute atomic E-state index is 12.5. The van der Waals surface area contributed by atoms with E-state index in [9.17, 15) is 8.42 Å². The van der Waals surface area contributed by atoms with Crippen LogP contribution < -0.4 is 10.0 Å². The van der Waals surface area contributed by atoms with Gasteiger partial charge in [-0.3, -0.25) is 0 Å². The van der Waals surface area contributed by atoms with Crippen molar-refractivity contribution in [2.45, 2.75) is 55.9 Å². The van der Waals surface area contributed by atoms with Crippen molar-refractivity contribution in [3.8, 4) is 0 Å². The summed E-state index contributed by atoms with van der Waals surface area (Å²) in [6.07, 6.45) is 7.54. The molecule has 0 amide bonds. The summed E-state index contributed by atoms with van der Waals surface area (Å²) in [5, 5.41) is 3.25. The van der Waals surface area contributed by atoms with E-state index in [4.69, 9.17) is 0 Å². The Hall–Kier alpha value is -1.07. The molecule has 0 bridgehead atoms. The zero-order chi connectivity index (χ0) is 14.0. The fraction of sp³-hybridized carbons (Fsp3) is 0.600. The van der Waals surface area contributed by atoms with Crippen LogP contribution in [0.3, 0.4) is 0 Å². The molecule has 2 aliphatic rings. The molecule has 3 rings (SSSR count). The monoisotopic (exact) mass is 294 g/mol. The number of nitrogens with one attached hydrogen (secondary N) is 2. The Morgan fingerprint density at radius 2 is 1.85 bits per heavy atom. The molecule has 0 atom stereocenters. The molecule has 1 heterocycles. The minimum atomic E-state index is -3.38. The third-order valence-electron chi connectivity index (χ3n) is 4.27. The summed E-state index contributed by atoms with van der Waals surface area (Å²) in [4.78, 5) is 0.407. The van der Waals surface area contributed by atoms with Crippen molar-refractivity contribution in [3.05, 3.63) is 23.8 Å². The lowest BCUT2D eigenvalue weighted by atomic mass is 10.1. The summed E-state index contributed by atoms with van der Waals surface area (Å²) < 4.78 is 27.9. The van der Waals surface area contributed by atoms with Gasteiger partial charge in [0.25, 0.3) is 0 Å². The summed E-state index contributed by atoms with van der Waals surface area (Å²) in [6.45, 7) is 0.898. The molecule has 1 aliphatic carbocycles. The van der Waals surface area contributed by atoms with E-state index in [1.54, 1.807) is 6.07 Å². The maximum Gasteiger partial charge on any atom is 0.240 e. The summed E-state index contributed by atoms with van der Waals surface area (Å²) in [5.41, 5.74) is 2.17. The van der Waals surface area contributed by atoms with Crippen molar-refractivity contribution in [1.29, 1.82) is 0 Å². The van der Waals surface area contributed by atoms with E-state index in [0.717, 1.165) is 49.9 Å². The van der Waals surface area contributed by atoms with E-state index in [0.29, 0.717) is 4.90 Å². The van der Waals surface area contributed by atoms with Crippen LogP contribution in [0.5, 0.6) is 0 Å². The van der Waals surface area contributed by atoms with E-state index < -0.39 is 10.0 Å². The molecule has 5 heteroatoms. The van der Waals surface area contributed by atoms with Crippen LogP contribution in [0.1, 0.15) is 44.1 Å². The van der Waals surface area contributed by atoms with Crippen molar-refractivity contribution < 1.29 is 8.42 Å². The molecule has 20 heavy (non-hydrogen) atoms. The van der Waals surface area contributed by atoms with Crippen molar-refractivity contribution in [3.63, 3.8) is 0 Å². The van der Waals surface area contributed by atoms with Crippen LogP contribution in [0.15, 0.2) is 23.1 Å². The predicted octanol–water partition coefficient (Wildman–Crippen LogP) is 2.66. The molecule has 110 valence electrons. The SMILES string of the molecule is O=S(=O)(NC1CCCCCC1)c1ccc2c(c1)CCN2. The molecular weight excluding hydrogens is 272 g/mol. The summed E-state index contributed by atoms with van der Waals surface area (Å²) >= 11 is 0. The topological polar surface area (TPSA) is 58.2 Å². The largest absolute Gasteiger partial charge is 0.384 e. The highest BCUT2D eigenvalue weighted by Crippen LogP contribution is 2.26. The molecule has 0 spiro atoms. The number of sulfonamides is 1. The molecule has 0 saturated heterocycles. The first-order valence-electron chi connectivity index (χ1n) is 7.54. The Morgan fingerprint density at radius 1 is 1.10 bits per heavy atom. The van der Waals surface area contributed by atoms with Gasteiger partial charge in [0, 0.05) is 18.3 Å². The van der Waals surface area contributed by atoms with Crippen molar-refractivity contribution in [1.82, 2.24) is 4.72 Å². The van der Waals surface area contributed by atoms with Gasteiger partial charge in [0.05, 0.1) is 4.90 Å². The van der Waals surface area contributed by atoms with E-state index in [1.807, 2.05) is 12.1 Å². The van der Waals surface area contributed by atoms with Crippen LogP contribution in [0.25, 0.3) is 0 Å². The van der Waals surface area contributed by atoms with E-state index in [2.05, 4.69) is 10.0 Å². The van der Waals surface area contributed by atoms with E-state index in [-0.39, 0.29) is 6.04 Å². The average Bonchev–Trinajstić information content (AvgIpc) is 2.75. The Bertz CT molecular complexity index is 576. The fourth-order valence-electron chi connectivity index (χ4n) is 3.13. The van der Waals surface area contributed by atoms with Gasteiger partial charge in [-0.2, -0.15) is 0 Å². The van der Waals surface area contributed by atoms with Gasteiger partial charge in [-0.05, 0) is 43.0 Å². The first kappa shape index (κ1) is 13.9. The highest BCUT2D eigenvalue weighted by molar-refractivity contribution is 7.89. The molecule has 2 N–H and O–H groups in total. The lowest BCUT2D eigenvalue weighted by Gasteiger charge is -2.16. The van der Waals surface area contributed by atoms with Gasteiger partial charge < -0.3 is 5.32 Å². The van der Waals surface area contributed by atoms with Gasteiger partial charge in [-0.1, -0.05) is 25.7 Å². The molecule has 1 aliphatic heterocycles. The Kier molecular flexibility index (Phi) is 3.98. The van der Waals surface area contributed by atoms with Crippen LogP contribution in [0, 0.1) is 0 Å². The van der Waals surface area contributed by atoms with Crippen molar-refractivity contribution >= 4 is 15.7 Å². The Morgan fingerprint density at radius 3 is 2.60 bits per heavy atom. The summed E-state index contributed by atoms with van der Waals surface area (Å²) in [5.74, 6) is 0. The van der Waals surface area contributed by atoms with Crippen LogP contribution in [-0.4, -0.2) is 21.0 Å². The minimum absolute atomic E-state index is 0.105. The second-order valence-electron chi connectivity index (χ2n) is 5.81. The Balaban J connectivity index is 1.77. The molecule has 1 fully saturated rings. The summed E-state index contributed by atoms with van der Waals surface area (Å²) in [7, 11) is -3.38. The zero-order valence-electron chi connectivity index (χ0n) is 11.7. The number of benzene rings is 1. The van der Waals surface area contributed by atoms with Gasteiger partial charge in [0.1, 0.15) is 0 Å². The molecule has 1 aromatic carbocycles. The van der Waals surface area contributed by atoms with Gasteiger partial charge in [-0.15, -0.1) is 0 Å². The normalized spacial score (nSPS) is 20.2. The number of rotatable bonds is 3. The molecule has 4 nitrogen and oxygen atoms in total. The number of fused-ring (bicyclic) bond motifs is 1. The average molecular weight is 294 g/mol. The molecule has 0 unspecified atom stereocenters. The fourth-order valence-corrected chi connectivity index (χ4v) is 4.49. The van der Waals surface area contributed by atoms with Gasteiger partial charge in [0.15, 0.2) is 0 Å². The van der Waals surface area contributed by atoms with Crippen LogP contribution in [0.2, 0.25) is 0 Å². The lowest BCUT2D eigenvalue weighted by Crippen LogP contribution is -2.34. The van der Waals surface area contributed by atoms with Crippen molar-refractivity contribution in [2.75, 3.05) is 11.9 Å². The van der Waals surface area contributed by atoms with Crippen LogP contribution >= 0.6 is 0 Å². The quantitative estimate of drug-likeness (QED) is 0.843. The van der Waals surface area contributed by atoms with E-state index >= 15 is 0 Å². The lowest BCUT2D eigenvalue weighted by molar-refractivity contribution is 0.510. The first-order chi connectivity index (χ1) is 9.65. The van der Waals surface area contributed by atoms with Crippen LogP contribution in [0.4, 0.5) is 5.69 Å². The third-order valence-corrected chi connectivity index (χ3v) is 5.79. The number of anilines is 1. The summed E-state index contributed by atoms with van der Waals surface area (Å²) in [6, 6.07) is 5.50.